The van der Waals surface area contributed by atoms with Crippen molar-refractivity contribution in [1.29, 1.82) is 0 Å². The summed E-state index contributed by atoms with van der Waals surface area (Å²) in [6.07, 6.45) is 0. The van der Waals surface area contributed by atoms with Crippen LogP contribution in [0.25, 0.3) is 0 Å². The average Bonchev–Trinajstić information content (AvgIpc) is 1.72. The van der Waals surface area contributed by atoms with Gasteiger partial charge in [0.2, 0.25) is 10.8 Å². The maximum atomic E-state index is 2.08. The molecule has 0 atom stereocenters. The predicted molar refractivity (Wildman–Crippen MR) is 31.0 cm³/mol. The first-order chi connectivity index (χ1) is 3.00. The number of hydrogen-bond acceptors (Lipinski definition) is 0. The zero-order valence-corrected chi connectivity index (χ0v) is 4.76. The van der Waals surface area contributed by atoms with E-state index in [9.17, 15) is 0 Å². The van der Waals surface area contributed by atoms with Gasteiger partial charge in [0.15, 0.2) is 0 Å². The topological polar surface area (TPSA) is 0 Å². The standard InChI is InChI=1S/C4H4S2/c1-2-5-4-6-3-1/h1-4H/q+2. The molecule has 0 saturated carbocycles. The second-order valence-electron chi connectivity index (χ2n) is 0.833. The van der Waals surface area contributed by atoms with E-state index in [0.717, 1.165) is 0 Å². The molecule has 2 heteroatoms. The van der Waals surface area contributed by atoms with Crippen LogP contribution in [0.5, 0.6) is 0 Å². The summed E-state index contributed by atoms with van der Waals surface area (Å²) in [5, 5.41) is 4.10. The van der Waals surface area contributed by atoms with Crippen LogP contribution in [0.1, 0.15) is 0 Å². The lowest BCUT2D eigenvalue weighted by molar-refractivity contribution is 2.10. The van der Waals surface area contributed by atoms with Crippen molar-refractivity contribution in [1.82, 2.24) is 0 Å². The van der Waals surface area contributed by atoms with Crippen LogP contribution in [0.3, 0.4) is 0 Å². The van der Waals surface area contributed by atoms with Gasteiger partial charge in [0.25, 0.3) is 22.7 Å². The molecule has 1 heterocycles. The average molecular weight is 116 g/mol. The first-order valence-electron chi connectivity index (χ1n) is 1.61. The molecule has 0 nitrogen and oxygen atoms in total. The molecule has 0 aliphatic carbocycles. The highest BCUT2D eigenvalue weighted by molar-refractivity contribution is 7.23. The lowest BCUT2D eigenvalue weighted by atomic mass is 10.8. The second kappa shape index (κ2) is 2.16. The fraction of sp³-hybridized carbons (Fsp3) is 0. The van der Waals surface area contributed by atoms with Crippen LogP contribution in [0.15, 0.2) is 21.5 Å². The Balaban J connectivity index is 3.00. The van der Waals surface area contributed by atoms with Gasteiger partial charge in [-0.05, 0) is 0 Å². The lowest BCUT2D eigenvalue weighted by Gasteiger charge is -1.40. The quantitative estimate of drug-likeness (QED) is 0.456. The summed E-state index contributed by atoms with van der Waals surface area (Å²) < 4.78 is 2.08. The van der Waals surface area contributed by atoms with E-state index < -0.39 is 0 Å². The van der Waals surface area contributed by atoms with E-state index in [1.54, 1.807) is 22.7 Å². The van der Waals surface area contributed by atoms with Crippen LogP contribution >= 0.6 is 22.7 Å². The fourth-order valence-corrected chi connectivity index (χ4v) is 1.43. The molecule has 30 valence electrons. The molecule has 0 saturated heterocycles. The summed E-state index contributed by atoms with van der Waals surface area (Å²) in [5.41, 5.74) is 0. The van der Waals surface area contributed by atoms with E-state index in [-0.39, 0.29) is 0 Å². The summed E-state index contributed by atoms with van der Waals surface area (Å²) in [5.74, 6) is 0. The first kappa shape index (κ1) is 4.09. The third-order valence-corrected chi connectivity index (χ3v) is 1.94. The van der Waals surface area contributed by atoms with Gasteiger partial charge in [0.05, 0.1) is 6.07 Å². The highest BCUT2D eigenvalue weighted by Gasteiger charge is 1.89. The van der Waals surface area contributed by atoms with Crippen LogP contribution in [-0.2, 0) is 0 Å². The van der Waals surface area contributed by atoms with Crippen molar-refractivity contribution < 1.29 is 0 Å². The summed E-state index contributed by atoms with van der Waals surface area (Å²) in [7, 11) is 0. The number of rotatable bonds is 0. The van der Waals surface area contributed by atoms with Gasteiger partial charge in [-0.2, -0.15) is 0 Å². The van der Waals surface area contributed by atoms with Crippen LogP contribution in [-0.4, -0.2) is 0 Å². The largest absolute Gasteiger partial charge is 0.441 e. The molecule has 1 rings (SSSR count). The molecule has 0 radical (unpaired) electrons. The molecule has 0 bridgehead atoms. The van der Waals surface area contributed by atoms with E-state index in [1.807, 2.05) is 6.07 Å². The Hall–Kier alpha value is -0.0800. The normalized spacial score (nSPS) is 8.00. The van der Waals surface area contributed by atoms with Crippen molar-refractivity contribution in [3.05, 3.63) is 21.5 Å². The summed E-state index contributed by atoms with van der Waals surface area (Å²) in [4.78, 5) is 0. The van der Waals surface area contributed by atoms with Crippen LogP contribution in [0.2, 0.25) is 0 Å². The van der Waals surface area contributed by atoms with Gasteiger partial charge in [-0.15, -0.1) is 0 Å². The van der Waals surface area contributed by atoms with Crippen molar-refractivity contribution in [2.75, 3.05) is 0 Å². The molecule has 0 fully saturated rings. The molecule has 0 spiro atoms. The SMILES string of the molecule is c1c[s+]c[s+]c1. The Morgan fingerprint density at radius 2 is 1.67 bits per heavy atom. The molecule has 0 aromatic carbocycles. The third kappa shape index (κ3) is 0.954. The van der Waals surface area contributed by atoms with E-state index in [2.05, 4.69) is 15.5 Å². The lowest BCUT2D eigenvalue weighted by Crippen LogP contribution is -1.34. The van der Waals surface area contributed by atoms with Gasteiger partial charge >= 0.3 is 4.69 Å². The molecular weight excluding hydrogens is 112 g/mol. The Labute approximate surface area is 44.7 Å². The summed E-state index contributed by atoms with van der Waals surface area (Å²) >= 11 is 3.44. The monoisotopic (exact) mass is 116 g/mol. The minimum atomic E-state index is 1.72. The number of hydrogen-bond donors (Lipinski definition) is 0. The van der Waals surface area contributed by atoms with Gasteiger partial charge in [-0.1, -0.05) is 0 Å². The van der Waals surface area contributed by atoms with Crippen LogP contribution in [0, 0.1) is 0 Å². The van der Waals surface area contributed by atoms with Crippen LogP contribution < -0.4 is 0 Å². The van der Waals surface area contributed by atoms with E-state index in [0.29, 0.717) is 0 Å². The minimum Gasteiger partial charge on any atom is 0.0537 e. The Morgan fingerprint density at radius 3 is 1.83 bits per heavy atom. The molecule has 0 unspecified atom stereocenters. The summed E-state index contributed by atoms with van der Waals surface area (Å²) in [6, 6.07) is 2.04. The van der Waals surface area contributed by atoms with Crippen molar-refractivity contribution >= 4 is 22.7 Å². The van der Waals surface area contributed by atoms with Gasteiger partial charge in [0.1, 0.15) is 0 Å². The smallest absolute Gasteiger partial charge is 0.0537 e. The van der Waals surface area contributed by atoms with Crippen molar-refractivity contribution in [2.45, 2.75) is 0 Å². The van der Waals surface area contributed by atoms with Gasteiger partial charge in [0, 0.05) is 0 Å². The highest BCUT2D eigenvalue weighted by Crippen LogP contribution is 1.98. The predicted octanol–water partition coefficient (Wildman–Crippen LogP) is 2.37. The van der Waals surface area contributed by atoms with Crippen molar-refractivity contribution in [3.8, 4) is 0 Å². The van der Waals surface area contributed by atoms with Gasteiger partial charge in [-0.25, -0.2) is 0 Å². The van der Waals surface area contributed by atoms with E-state index in [4.69, 9.17) is 0 Å². The second-order valence-corrected chi connectivity index (χ2v) is 2.69. The molecular formula is C4H4S2+2. The third-order valence-electron chi connectivity index (χ3n) is 0.425. The van der Waals surface area contributed by atoms with Crippen molar-refractivity contribution in [2.24, 2.45) is 0 Å². The molecule has 0 N–H and O–H groups in total. The fourth-order valence-electron chi connectivity index (χ4n) is 0.219. The maximum Gasteiger partial charge on any atom is 0.441 e. The molecule has 0 aliphatic heterocycles. The molecule has 0 aliphatic rings. The van der Waals surface area contributed by atoms with Crippen molar-refractivity contribution in [3.63, 3.8) is 0 Å². The highest BCUT2D eigenvalue weighted by atomic mass is 32.2. The molecule has 0 amide bonds. The summed E-state index contributed by atoms with van der Waals surface area (Å²) in [6.45, 7) is 0. The maximum absolute atomic E-state index is 2.08. The Bertz CT molecular complexity index is 77.5. The zero-order chi connectivity index (χ0) is 4.24. The molecule has 6 heavy (non-hydrogen) atoms. The van der Waals surface area contributed by atoms with Gasteiger partial charge in [-0.3, -0.25) is 0 Å². The van der Waals surface area contributed by atoms with Gasteiger partial charge < -0.3 is 0 Å². The van der Waals surface area contributed by atoms with E-state index in [1.165, 1.54) is 0 Å². The Morgan fingerprint density at radius 1 is 1.00 bits per heavy atom. The van der Waals surface area contributed by atoms with E-state index >= 15 is 0 Å². The molecule has 1 aromatic heterocycles. The minimum absolute atomic E-state index is 1.72. The Kier molecular flexibility index (Phi) is 1.47. The van der Waals surface area contributed by atoms with Crippen LogP contribution in [0.4, 0.5) is 0 Å². The first-order valence-corrected chi connectivity index (χ1v) is 3.50. The zero-order valence-electron chi connectivity index (χ0n) is 3.13. The molecule has 1 aromatic rings.